The number of rotatable bonds is 13. The van der Waals surface area contributed by atoms with Crippen LogP contribution in [0.15, 0.2) is 84.9 Å². The van der Waals surface area contributed by atoms with Crippen molar-refractivity contribution in [3.63, 3.8) is 0 Å². The highest BCUT2D eigenvalue weighted by molar-refractivity contribution is 6.00. The number of piperazine rings is 1. The molecule has 45 heavy (non-hydrogen) atoms. The monoisotopic (exact) mass is 611 g/mol. The van der Waals surface area contributed by atoms with Crippen LogP contribution in [0.5, 0.6) is 11.5 Å². The predicted molar refractivity (Wildman–Crippen MR) is 176 cm³/mol. The Kier molecular flexibility index (Phi) is 11.1. The van der Waals surface area contributed by atoms with Gasteiger partial charge in [-0.3, -0.25) is 9.59 Å². The van der Waals surface area contributed by atoms with Crippen molar-refractivity contribution in [2.45, 2.75) is 63.5 Å². The van der Waals surface area contributed by atoms with Gasteiger partial charge in [0.15, 0.2) is 0 Å². The molecule has 2 fully saturated rings. The van der Waals surface area contributed by atoms with Gasteiger partial charge >= 0.3 is 6.03 Å². The van der Waals surface area contributed by atoms with Gasteiger partial charge in [0, 0.05) is 38.4 Å². The maximum atomic E-state index is 13.6. The minimum Gasteiger partial charge on any atom is -0.457 e. The van der Waals surface area contributed by atoms with E-state index >= 15 is 0 Å². The number of ether oxygens (including phenoxy) is 1. The molecule has 5 rings (SSSR count). The van der Waals surface area contributed by atoms with Gasteiger partial charge in [-0.05, 0) is 86.9 Å². The Bertz CT molecular complexity index is 1390. The third kappa shape index (κ3) is 8.42. The van der Waals surface area contributed by atoms with E-state index in [9.17, 15) is 14.4 Å². The fourth-order valence-corrected chi connectivity index (χ4v) is 6.28. The summed E-state index contributed by atoms with van der Waals surface area (Å²) in [4.78, 5) is 43.9. The van der Waals surface area contributed by atoms with Crippen molar-refractivity contribution in [3.05, 3.63) is 90.5 Å². The fraction of sp³-hybridized carbons (Fsp3) is 0.417. The number of nitrogens with zero attached hydrogens (tertiary/aromatic N) is 2. The first-order valence-corrected chi connectivity index (χ1v) is 16.2. The second-order valence-electron chi connectivity index (χ2n) is 11.9. The van der Waals surface area contributed by atoms with Crippen LogP contribution >= 0.6 is 0 Å². The number of unbranched alkanes of at least 4 members (excludes halogenated alkanes) is 1. The van der Waals surface area contributed by atoms with Crippen LogP contribution in [0.2, 0.25) is 0 Å². The van der Waals surface area contributed by atoms with E-state index in [2.05, 4.69) is 52.0 Å². The summed E-state index contributed by atoms with van der Waals surface area (Å²) in [5.74, 6) is 1.45. The molecule has 2 aliphatic heterocycles. The molecule has 2 heterocycles. The number of benzene rings is 3. The molecule has 0 bridgehead atoms. The lowest BCUT2D eigenvalue weighted by atomic mass is 9.81. The van der Waals surface area contributed by atoms with Crippen LogP contribution < -0.4 is 20.7 Å². The third-order valence-corrected chi connectivity index (χ3v) is 8.79. The third-order valence-electron chi connectivity index (χ3n) is 8.79. The van der Waals surface area contributed by atoms with Crippen LogP contribution in [0, 0.1) is 0 Å². The number of para-hydroxylation sites is 1. The molecule has 2 aliphatic rings. The largest absolute Gasteiger partial charge is 0.457 e. The van der Waals surface area contributed by atoms with Crippen LogP contribution in [-0.4, -0.2) is 71.9 Å². The number of likely N-dealkylation sites (tertiary alicyclic amines) is 1. The lowest BCUT2D eigenvalue weighted by molar-refractivity contribution is -0.161. The average molecular weight is 612 g/mol. The van der Waals surface area contributed by atoms with E-state index in [-0.39, 0.29) is 17.8 Å². The van der Waals surface area contributed by atoms with Crippen molar-refractivity contribution < 1.29 is 19.1 Å². The highest BCUT2D eigenvalue weighted by Crippen LogP contribution is 2.34. The van der Waals surface area contributed by atoms with Crippen LogP contribution in [0.3, 0.4) is 0 Å². The van der Waals surface area contributed by atoms with Crippen LogP contribution in [0.4, 0.5) is 10.5 Å². The SMILES string of the molecule is CCCN1C(=O)[C@H](CCCCNC(=O)Nc2ccc(Oc3ccccc3)cc2)NC(=O)C12CCN(CCc1ccccc1)CC2. The number of nitrogens with one attached hydrogen (secondary N) is 3. The van der Waals surface area contributed by atoms with E-state index in [0.717, 1.165) is 38.2 Å². The molecule has 3 aromatic carbocycles. The van der Waals surface area contributed by atoms with Gasteiger partial charge in [0.05, 0.1) is 0 Å². The second kappa shape index (κ2) is 15.6. The molecule has 0 radical (unpaired) electrons. The van der Waals surface area contributed by atoms with Gasteiger partial charge in [-0.1, -0.05) is 55.5 Å². The van der Waals surface area contributed by atoms with Gasteiger partial charge in [0.25, 0.3) is 0 Å². The zero-order chi connectivity index (χ0) is 31.5. The molecule has 9 nitrogen and oxygen atoms in total. The second-order valence-corrected chi connectivity index (χ2v) is 11.9. The summed E-state index contributed by atoms with van der Waals surface area (Å²) in [5, 5.41) is 8.79. The Morgan fingerprint density at radius 1 is 0.889 bits per heavy atom. The minimum atomic E-state index is -0.752. The van der Waals surface area contributed by atoms with Crippen molar-refractivity contribution in [3.8, 4) is 11.5 Å². The number of carbonyl (C=O) groups excluding carboxylic acids is 3. The molecule has 3 aromatic rings. The molecule has 0 aromatic heterocycles. The number of urea groups is 1. The minimum absolute atomic E-state index is 0.0130. The van der Waals surface area contributed by atoms with Gasteiger partial charge in [-0.25, -0.2) is 4.79 Å². The normalized spacial score (nSPS) is 18.0. The molecule has 2 saturated heterocycles. The summed E-state index contributed by atoms with van der Waals surface area (Å²) in [6.07, 6.45) is 5.08. The summed E-state index contributed by atoms with van der Waals surface area (Å²) in [5.41, 5.74) is 1.23. The van der Waals surface area contributed by atoms with Crippen LogP contribution in [0.25, 0.3) is 0 Å². The highest BCUT2D eigenvalue weighted by atomic mass is 16.5. The highest BCUT2D eigenvalue weighted by Gasteiger charge is 2.52. The number of piperidine rings is 1. The van der Waals surface area contributed by atoms with Gasteiger partial charge < -0.3 is 30.5 Å². The van der Waals surface area contributed by atoms with E-state index in [1.54, 1.807) is 24.3 Å². The fourth-order valence-electron chi connectivity index (χ4n) is 6.28. The van der Waals surface area contributed by atoms with Crippen molar-refractivity contribution in [2.75, 3.05) is 38.0 Å². The summed E-state index contributed by atoms with van der Waals surface area (Å²) < 4.78 is 5.79. The number of amides is 4. The van der Waals surface area contributed by atoms with Gasteiger partial charge in [0.1, 0.15) is 23.1 Å². The van der Waals surface area contributed by atoms with Crippen LogP contribution in [0.1, 0.15) is 51.0 Å². The van der Waals surface area contributed by atoms with E-state index in [4.69, 9.17) is 4.74 Å². The first kappa shape index (κ1) is 32.0. The van der Waals surface area contributed by atoms with Crippen molar-refractivity contribution in [1.82, 2.24) is 20.4 Å². The van der Waals surface area contributed by atoms with E-state index in [1.807, 2.05) is 41.3 Å². The first-order chi connectivity index (χ1) is 22.0. The topological polar surface area (TPSA) is 103 Å². The number of carbonyl (C=O) groups is 3. The quantitative estimate of drug-likeness (QED) is 0.219. The number of hydrogen-bond acceptors (Lipinski definition) is 5. The standard InChI is InChI=1S/C36H45N5O4/c1-2-24-41-33(42)32(39-34(43)36(41)21-26-40(27-22-36)25-20-28-11-5-3-6-12-28)15-9-10-23-37-35(44)38-29-16-18-31(19-17-29)45-30-13-7-4-8-14-30/h3-8,11-14,16-19,32H,2,9-10,15,20-27H2,1H3,(H,39,43)(H2,37,38,44)/t32-/m0/s1. The Hall–Kier alpha value is -4.37. The molecule has 4 amide bonds. The Labute approximate surface area is 266 Å². The Morgan fingerprint density at radius 2 is 1.56 bits per heavy atom. The van der Waals surface area contributed by atoms with Crippen LogP contribution in [-0.2, 0) is 16.0 Å². The molecule has 3 N–H and O–H groups in total. The smallest absolute Gasteiger partial charge is 0.319 e. The molecular weight excluding hydrogens is 566 g/mol. The zero-order valence-corrected chi connectivity index (χ0v) is 26.2. The van der Waals surface area contributed by atoms with Crippen molar-refractivity contribution in [2.24, 2.45) is 0 Å². The predicted octanol–water partition coefficient (Wildman–Crippen LogP) is 5.59. The van der Waals surface area contributed by atoms with Gasteiger partial charge in [0.2, 0.25) is 11.8 Å². The van der Waals surface area contributed by atoms with E-state index in [0.29, 0.717) is 56.6 Å². The van der Waals surface area contributed by atoms with Crippen molar-refractivity contribution >= 4 is 23.5 Å². The summed E-state index contributed by atoms with van der Waals surface area (Å²) >= 11 is 0. The molecule has 1 atom stereocenters. The Morgan fingerprint density at radius 3 is 2.24 bits per heavy atom. The van der Waals surface area contributed by atoms with E-state index < -0.39 is 11.6 Å². The van der Waals surface area contributed by atoms with E-state index in [1.165, 1.54) is 5.56 Å². The molecule has 238 valence electrons. The molecular formula is C36H45N5O4. The Balaban J connectivity index is 1.03. The summed E-state index contributed by atoms with van der Waals surface area (Å²) in [6, 6.07) is 26.4. The van der Waals surface area contributed by atoms with Gasteiger partial charge in [-0.2, -0.15) is 0 Å². The zero-order valence-electron chi connectivity index (χ0n) is 26.2. The average Bonchev–Trinajstić information content (AvgIpc) is 3.07. The lowest BCUT2D eigenvalue weighted by Gasteiger charge is -2.51. The maximum Gasteiger partial charge on any atom is 0.319 e. The summed E-state index contributed by atoms with van der Waals surface area (Å²) in [6.45, 7) is 5.68. The molecule has 0 saturated carbocycles. The number of hydrogen-bond donors (Lipinski definition) is 3. The first-order valence-electron chi connectivity index (χ1n) is 16.2. The molecule has 9 heteroatoms. The molecule has 0 unspecified atom stereocenters. The number of anilines is 1. The summed E-state index contributed by atoms with van der Waals surface area (Å²) in [7, 11) is 0. The lowest BCUT2D eigenvalue weighted by Crippen LogP contribution is -2.72. The van der Waals surface area contributed by atoms with Crippen molar-refractivity contribution in [1.29, 1.82) is 0 Å². The van der Waals surface area contributed by atoms with Gasteiger partial charge in [-0.15, -0.1) is 0 Å². The molecule has 0 aliphatic carbocycles. The maximum absolute atomic E-state index is 13.6. The molecule has 1 spiro atoms.